The van der Waals surface area contributed by atoms with Gasteiger partial charge in [-0.05, 0) is 12.8 Å². The molecule has 0 aromatic heterocycles. The van der Waals surface area contributed by atoms with Gasteiger partial charge in [-0.1, -0.05) is 11.1 Å². The van der Waals surface area contributed by atoms with E-state index in [2.05, 4.69) is 22.3 Å². The molecule has 0 amide bonds. The minimum atomic E-state index is 0.220. The molecular formula is C11H18N2O3. The van der Waals surface area contributed by atoms with Crippen molar-refractivity contribution in [3.8, 4) is 11.8 Å². The van der Waals surface area contributed by atoms with Crippen molar-refractivity contribution < 1.29 is 14.3 Å². The van der Waals surface area contributed by atoms with Crippen molar-refractivity contribution in [3.05, 3.63) is 0 Å². The smallest absolute Gasteiger partial charge is 0.134 e. The van der Waals surface area contributed by atoms with Gasteiger partial charge < -0.3 is 19.6 Å². The summed E-state index contributed by atoms with van der Waals surface area (Å²) in [4.78, 5) is 5.17. The van der Waals surface area contributed by atoms with E-state index in [-0.39, 0.29) is 6.04 Å². The lowest BCUT2D eigenvalue weighted by Gasteiger charge is -2.22. The van der Waals surface area contributed by atoms with E-state index in [4.69, 9.17) is 14.3 Å². The molecule has 1 N–H and O–H groups in total. The Bertz CT molecular complexity index is 275. The molecule has 5 heteroatoms. The zero-order chi connectivity index (χ0) is 11.6. The fourth-order valence-electron chi connectivity index (χ4n) is 1.21. The standard InChI is InChI=1S/C11H18N2O3/c1-10(4-3-6-14-2)13-16-9-11-8-15-7-5-12-11/h11-12H,5-9H2,1-2H3/b13-10-/t11-/m0/s1. The molecule has 0 aromatic rings. The fourth-order valence-corrected chi connectivity index (χ4v) is 1.21. The molecule has 1 aliphatic rings. The minimum Gasteiger partial charge on any atom is -0.393 e. The molecule has 5 nitrogen and oxygen atoms in total. The number of methoxy groups -OCH3 is 1. The summed E-state index contributed by atoms with van der Waals surface area (Å²) in [6, 6.07) is 0.220. The Morgan fingerprint density at radius 2 is 2.50 bits per heavy atom. The van der Waals surface area contributed by atoms with Crippen molar-refractivity contribution in [1.29, 1.82) is 0 Å². The van der Waals surface area contributed by atoms with Gasteiger partial charge in [-0.2, -0.15) is 0 Å². The first-order valence-electron chi connectivity index (χ1n) is 5.28. The molecule has 1 fully saturated rings. The van der Waals surface area contributed by atoms with Gasteiger partial charge in [-0.15, -0.1) is 0 Å². The van der Waals surface area contributed by atoms with Crippen LogP contribution in [0.4, 0.5) is 0 Å². The summed E-state index contributed by atoms with van der Waals surface area (Å²) >= 11 is 0. The molecule has 0 radical (unpaired) electrons. The average Bonchev–Trinajstić information content (AvgIpc) is 2.31. The van der Waals surface area contributed by atoms with Gasteiger partial charge in [0, 0.05) is 13.7 Å². The second-order valence-electron chi connectivity index (χ2n) is 3.43. The number of rotatable bonds is 4. The molecule has 1 rings (SSSR count). The van der Waals surface area contributed by atoms with Gasteiger partial charge in [-0.25, -0.2) is 0 Å². The molecular weight excluding hydrogens is 208 g/mol. The van der Waals surface area contributed by atoms with Crippen LogP contribution in [0.15, 0.2) is 5.16 Å². The first kappa shape index (κ1) is 13.0. The largest absolute Gasteiger partial charge is 0.393 e. The number of ether oxygens (including phenoxy) is 2. The molecule has 0 aliphatic carbocycles. The van der Waals surface area contributed by atoms with Crippen LogP contribution in [0.1, 0.15) is 6.92 Å². The number of hydrogen-bond donors (Lipinski definition) is 1. The van der Waals surface area contributed by atoms with Crippen molar-refractivity contribution in [1.82, 2.24) is 5.32 Å². The van der Waals surface area contributed by atoms with Gasteiger partial charge in [0.1, 0.15) is 18.9 Å². The molecule has 0 unspecified atom stereocenters. The number of nitrogens with zero attached hydrogens (tertiary/aromatic N) is 1. The van der Waals surface area contributed by atoms with Crippen molar-refractivity contribution in [2.75, 3.05) is 40.1 Å². The van der Waals surface area contributed by atoms with E-state index in [0.29, 0.717) is 25.5 Å². The first-order valence-corrected chi connectivity index (χ1v) is 5.28. The lowest BCUT2D eigenvalue weighted by molar-refractivity contribution is 0.0311. The summed E-state index contributed by atoms with van der Waals surface area (Å²) in [5.74, 6) is 5.62. The van der Waals surface area contributed by atoms with E-state index in [9.17, 15) is 0 Å². The molecule has 1 saturated heterocycles. The molecule has 0 saturated carbocycles. The SMILES string of the molecule is COCC#C/C(C)=N\OC[C@@H]1COCCN1. The van der Waals surface area contributed by atoms with Gasteiger partial charge in [0.15, 0.2) is 0 Å². The van der Waals surface area contributed by atoms with Crippen molar-refractivity contribution in [3.63, 3.8) is 0 Å². The fraction of sp³-hybridized carbons (Fsp3) is 0.727. The highest BCUT2D eigenvalue weighted by molar-refractivity contribution is 5.97. The molecule has 0 aromatic carbocycles. The second-order valence-corrected chi connectivity index (χ2v) is 3.43. The maximum atomic E-state index is 5.28. The molecule has 0 bridgehead atoms. The normalized spacial score (nSPS) is 21.1. The molecule has 1 heterocycles. The monoisotopic (exact) mass is 226 g/mol. The first-order chi connectivity index (χ1) is 7.83. The van der Waals surface area contributed by atoms with Crippen LogP contribution in [0.3, 0.4) is 0 Å². The maximum absolute atomic E-state index is 5.28. The van der Waals surface area contributed by atoms with E-state index in [1.54, 1.807) is 14.0 Å². The predicted molar refractivity (Wildman–Crippen MR) is 61.3 cm³/mol. The van der Waals surface area contributed by atoms with Crippen LogP contribution in [0.25, 0.3) is 0 Å². The highest BCUT2D eigenvalue weighted by Gasteiger charge is 2.12. The summed E-state index contributed by atoms with van der Waals surface area (Å²) < 4.78 is 10.1. The van der Waals surface area contributed by atoms with Crippen LogP contribution in [-0.4, -0.2) is 51.8 Å². The van der Waals surface area contributed by atoms with E-state index in [0.717, 1.165) is 13.2 Å². The summed E-state index contributed by atoms with van der Waals surface area (Å²) in [5.41, 5.74) is 0.647. The number of hydrogen-bond acceptors (Lipinski definition) is 5. The molecule has 1 aliphatic heterocycles. The second kappa shape index (κ2) is 8.11. The Balaban J connectivity index is 2.17. The Kier molecular flexibility index (Phi) is 6.58. The van der Waals surface area contributed by atoms with Gasteiger partial charge in [0.25, 0.3) is 0 Å². The summed E-state index contributed by atoms with van der Waals surface area (Å²) in [7, 11) is 1.60. The summed E-state index contributed by atoms with van der Waals surface area (Å²) in [6.45, 7) is 5.01. The van der Waals surface area contributed by atoms with Gasteiger partial charge in [-0.3, -0.25) is 0 Å². The lowest BCUT2D eigenvalue weighted by Crippen LogP contribution is -2.43. The number of nitrogens with one attached hydrogen (secondary N) is 1. The topological polar surface area (TPSA) is 52.1 Å². The third kappa shape index (κ3) is 5.71. The number of oxime groups is 1. The van der Waals surface area contributed by atoms with Gasteiger partial charge >= 0.3 is 0 Å². The zero-order valence-corrected chi connectivity index (χ0v) is 9.78. The lowest BCUT2D eigenvalue weighted by atomic mass is 10.3. The van der Waals surface area contributed by atoms with Gasteiger partial charge in [0.05, 0.1) is 19.3 Å². The van der Waals surface area contributed by atoms with Crippen LogP contribution in [-0.2, 0) is 14.3 Å². The Hall–Kier alpha value is -1.09. The predicted octanol–water partition coefficient (Wildman–Crippen LogP) is 0.0171. The average molecular weight is 226 g/mol. The maximum Gasteiger partial charge on any atom is 0.134 e. The van der Waals surface area contributed by atoms with Crippen LogP contribution >= 0.6 is 0 Å². The third-order valence-corrected chi connectivity index (χ3v) is 1.96. The highest BCUT2D eigenvalue weighted by atomic mass is 16.6. The van der Waals surface area contributed by atoms with Crippen LogP contribution < -0.4 is 5.32 Å². The van der Waals surface area contributed by atoms with Crippen LogP contribution in [0.2, 0.25) is 0 Å². The summed E-state index contributed by atoms with van der Waals surface area (Å²) in [5, 5.41) is 7.15. The minimum absolute atomic E-state index is 0.220. The number of morpholine rings is 1. The van der Waals surface area contributed by atoms with Crippen molar-refractivity contribution in [2.45, 2.75) is 13.0 Å². The highest BCUT2D eigenvalue weighted by Crippen LogP contribution is 1.94. The van der Waals surface area contributed by atoms with Gasteiger partial charge in [0.2, 0.25) is 0 Å². The zero-order valence-electron chi connectivity index (χ0n) is 9.78. The van der Waals surface area contributed by atoms with E-state index < -0.39 is 0 Å². The molecule has 90 valence electrons. The Labute approximate surface area is 96.1 Å². The molecule has 16 heavy (non-hydrogen) atoms. The Morgan fingerprint density at radius 3 is 3.19 bits per heavy atom. The van der Waals surface area contributed by atoms with Crippen molar-refractivity contribution in [2.24, 2.45) is 5.16 Å². The van der Waals surface area contributed by atoms with Crippen molar-refractivity contribution >= 4 is 5.71 Å². The van der Waals surface area contributed by atoms with E-state index >= 15 is 0 Å². The van der Waals surface area contributed by atoms with Crippen LogP contribution in [0, 0.1) is 11.8 Å². The van der Waals surface area contributed by atoms with E-state index in [1.165, 1.54) is 0 Å². The van der Waals surface area contributed by atoms with E-state index in [1.807, 2.05) is 0 Å². The molecule has 1 atom stereocenters. The quantitative estimate of drug-likeness (QED) is 0.417. The Morgan fingerprint density at radius 1 is 1.62 bits per heavy atom. The third-order valence-electron chi connectivity index (χ3n) is 1.96. The van der Waals surface area contributed by atoms with Crippen LogP contribution in [0.5, 0.6) is 0 Å². The molecule has 0 spiro atoms. The summed E-state index contributed by atoms with van der Waals surface area (Å²) in [6.07, 6.45) is 0.